The van der Waals surface area contributed by atoms with Gasteiger partial charge in [-0.15, -0.1) is 0 Å². The summed E-state index contributed by atoms with van der Waals surface area (Å²) in [6.45, 7) is 0.994. The van der Waals surface area contributed by atoms with Gasteiger partial charge in [-0.2, -0.15) is 0 Å². The number of hydrogen-bond donors (Lipinski definition) is 10. The van der Waals surface area contributed by atoms with Crippen molar-refractivity contribution < 1.29 is 196 Å². The number of carbonyl (C=O) groups is 10. The Balaban J connectivity index is 5.75. The van der Waals surface area contributed by atoms with Gasteiger partial charge in [-0.05, 0) is 64.2 Å². The molecule has 10 N–H and O–H groups in total. The lowest BCUT2D eigenvalue weighted by Gasteiger charge is -2.31. The molecule has 0 fully saturated rings. The lowest BCUT2D eigenvalue weighted by atomic mass is 9.87. The maximum Gasteiger partial charge on any atom is 0.314 e. The number of aliphatic carboxylic acids is 10. The molecule has 0 saturated carbocycles. The summed E-state index contributed by atoms with van der Waals surface area (Å²) in [4.78, 5) is 218. The molecular weight excluding hydrogens is 1380 g/mol. The summed E-state index contributed by atoms with van der Waals surface area (Å²) >= 11 is 0. The summed E-state index contributed by atoms with van der Waals surface area (Å²) in [5.74, 6) is -14.4. The second kappa shape index (κ2) is 46.7. The Hall–Kier alpha value is -6.10. The summed E-state index contributed by atoms with van der Waals surface area (Å²) in [7, 11) is 2.59. The molecular formula is C62H106O40. The third-order valence-corrected chi connectivity index (χ3v) is 18.9. The van der Waals surface area contributed by atoms with E-state index in [1.165, 1.54) is 69.6 Å². The molecule has 40 nitrogen and oxygen atoms in total. The van der Waals surface area contributed by atoms with Crippen molar-refractivity contribution in [3.05, 3.63) is 0 Å². The summed E-state index contributed by atoms with van der Waals surface area (Å²) in [6, 6.07) is 0. The van der Waals surface area contributed by atoms with Crippen molar-refractivity contribution in [2.45, 2.75) is 133 Å². The van der Waals surface area contributed by atoms with E-state index in [2.05, 4.69) is 0 Å². The van der Waals surface area contributed by atoms with Gasteiger partial charge in [-0.3, -0.25) is 47.9 Å². The zero-order valence-electron chi connectivity index (χ0n) is 59.9. The molecule has 0 rings (SSSR count). The molecule has 0 aliphatic rings. The first-order chi connectivity index (χ1) is 48.0. The molecule has 0 bridgehead atoms. The van der Waals surface area contributed by atoms with Gasteiger partial charge in [0.2, 0.25) is 0 Å². The van der Waals surface area contributed by atoms with Gasteiger partial charge in [-0.1, -0.05) is 69.2 Å². The molecule has 594 valence electrons. The fourth-order valence-corrected chi connectivity index (χ4v) is 8.54. The smallest absolute Gasteiger partial charge is 0.314 e. The van der Waals surface area contributed by atoms with E-state index in [1.807, 2.05) is 0 Å². The Labute approximate surface area is 588 Å². The number of methoxy groups -OCH3 is 2. The fourth-order valence-electron chi connectivity index (χ4n) is 8.54. The topological polar surface area (TPSA) is 558 Å². The predicted octanol–water partition coefficient (Wildman–Crippen LogP) is 4.62. The second-order valence-corrected chi connectivity index (χ2v) is 25.0. The highest BCUT2D eigenvalue weighted by Gasteiger charge is 2.49. The van der Waals surface area contributed by atoms with Gasteiger partial charge >= 0.3 is 59.7 Å². The van der Waals surface area contributed by atoms with Gasteiger partial charge in [0.15, 0.2) is 0 Å². The highest BCUT2D eigenvalue weighted by atomic mass is 17.2. The maximum atomic E-state index is 12.7. The number of ether oxygens (including phenoxy) is 2. The maximum absolute atomic E-state index is 12.7. The van der Waals surface area contributed by atoms with Crippen molar-refractivity contribution in [3.8, 4) is 0 Å². The van der Waals surface area contributed by atoms with E-state index in [0.717, 1.165) is 0 Å². The van der Waals surface area contributed by atoms with Crippen molar-refractivity contribution in [3.63, 3.8) is 0 Å². The Morgan fingerprint density at radius 3 is 0.284 bits per heavy atom. The van der Waals surface area contributed by atoms with Crippen LogP contribution in [0.15, 0.2) is 0 Å². The largest absolute Gasteiger partial charge is 0.481 e. The van der Waals surface area contributed by atoms with Crippen molar-refractivity contribution in [2.24, 2.45) is 54.1 Å². The fraction of sp³-hybridized carbons (Fsp3) is 0.839. The molecule has 0 aromatic heterocycles. The standard InChI is InChI=1S/C62H106O40/c1-13-53(23-83-11,43(63)64)25-85-87-27-55(15-3,45(67)68)29-89-91-31-57(17-5,47(71)72)33-93-95-35-59(19-7,49(75)76)37-97-99-39-61(21-9,51(79)80)41-101-102-42-62(22-10,52(81)82)40-100-98-38-60(20-8,50(77)78)36-96-94-34-58(18-6,48(73)74)32-92-90-30-56(16-4,46(69)70)28-88-86-26-54(14-2,24-84-12)44(65)66/h13-42H2,1-12H3,(H,63,64)(H,65,66)(H,67,68)(H,69,70)(H,71,72)(H,73,74)(H,75,76)(H,77,78)(H,79,80)(H,81,82). The molecule has 0 aromatic carbocycles. The van der Waals surface area contributed by atoms with Crippen LogP contribution in [0.25, 0.3) is 0 Å². The quantitative estimate of drug-likeness (QED) is 0.0225. The van der Waals surface area contributed by atoms with Gasteiger partial charge in [0.05, 0.1) is 13.2 Å². The van der Waals surface area contributed by atoms with Crippen LogP contribution in [0.4, 0.5) is 0 Å². The molecule has 0 aliphatic heterocycles. The minimum Gasteiger partial charge on any atom is -0.481 e. The molecule has 0 heterocycles. The first-order valence-corrected chi connectivity index (χ1v) is 32.5. The lowest BCUT2D eigenvalue weighted by molar-refractivity contribution is -0.372. The number of hydrogen-bond acceptors (Lipinski definition) is 30. The van der Waals surface area contributed by atoms with Crippen LogP contribution in [0.5, 0.6) is 0 Å². The van der Waals surface area contributed by atoms with Crippen molar-refractivity contribution in [1.82, 2.24) is 0 Å². The van der Waals surface area contributed by atoms with Crippen LogP contribution in [-0.4, -0.2) is 257 Å². The van der Waals surface area contributed by atoms with Crippen LogP contribution in [-0.2, 0) is 145 Å². The lowest BCUT2D eigenvalue weighted by Crippen LogP contribution is -2.44. The predicted molar refractivity (Wildman–Crippen MR) is 334 cm³/mol. The molecule has 40 heteroatoms. The summed E-state index contributed by atoms with van der Waals surface area (Å²) in [5, 5.41) is 101. The Morgan fingerprint density at radius 2 is 0.235 bits per heavy atom. The monoisotopic (exact) mass is 1490 g/mol. The molecule has 102 heavy (non-hydrogen) atoms. The zero-order chi connectivity index (χ0) is 78.1. The van der Waals surface area contributed by atoms with E-state index in [1.54, 1.807) is 13.8 Å². The van der Waals surface area contributed by atoms with Crippen LogP contribution in [0.3, 0.4) is 0 Å². The number of rotatable bonds is 69. The first kappa shape index (κ1) is 95.9. The van der Waals surface area contributed by atoms with Crippen molar-refractivity contribution >= 4 is 59.7 Å². The minimum absolute atomic E-state index is 0.0848. The van der Waals surface area contributed by atoms with Crippen LogP contribution >= 0.6 is 0 Å². The Bertz CT molecular complexity index is 2410. The van der Waals surface area contributed by atoms with Crippen LogP contribution in [0, 0.1) is 54.1 Å². The molecule has 0 saturated heterocycles. The van der Waals surface area contributed by atoms with E-state index >= 15 is 0 Å². The Morgan fingerprint density at radius 1 is 0.167 bits per heavy atom. The normalized spacial score (nSPS) is 17.8. The van der Waals surface area contributed by atoms with E-state index in [0.29, 0.717) is 0 Å². The van der Waals surface area contributed by atoms with Gasteiger partial charge in [0.25, 0.3) is 0 Å². The number of carboxylic acid groups (broad SMARTS) is 10. The Kier molecular flexibility index (Phi) is 43.9. The third-order valence-electron chi connectivity index (χ3n) is 18.9. The second-order valence-electron chi connectivity index (χ2n) is 25.0. The minimum atomic E-state index is -1.99. The molecule has 0 spiro atoms. The van der Waals surface area contributed by atoms with Crippen LogP contribution in [0.1, 0.15) is 133 Å². The summed E-state index contributed by atoms with van der Waals surface area (Å²) in [5.41, 5.74) is -18.5. The van der Waals surface area contributed by atoms with E-state index < -0.39 is 233 Å². The van der Waals surface area contributed by atoms with Gasteiger partial charge in [-0.25, -0.2) is 88.0 Å². The molecule has 10 unspecified atom stereocenters. The van der Waals surface area contributed by atoms with E-state index in [9.17, 15) is 99.0 Å². The first-order valence-electron chi connectivity index (χ1n) is 32.5. The SMILES string of the molecule is CCC(COC)(COOCC(CC)(COOCC(CC)(COOCC(CC)(COOCC(CC)(COOCC(CC)(COOCC(CC)(COOCC(CC)(COOCC(CC)(COOCC(CC)(COC)C(=O)O)C(=O)O)C(=O)O)C(=O)O)C(=O)O)C(=O)O)C(=O)O)C(=O)O)C(=O)O)C(=O)O. The third kappa shape index (κ3) is 27.1. The van der Waals surface area contributed by atoms with Crippen LogP contribution in [0.2, 0.25) is 0 Å². The molecule has 0 radical (unpaired) electrons. The average Bonchev–Trinajstić information content (AvgIpc) is 0.841. The van der Waals surface area contributed by atoms with Crippen LogP contribution < -0.4 is 0 Å². The van der Waals surface area contributed by atoms with E-state index in [4.69, 9.17) is 97.5 Å². The van der Waals surface area contributed by atoms with Gasteiger partial charge in [0.1, 0.15) is 173 Å². The summed E-state index contributed by atoms with van der Waals surface area (Å²) in [6.07, 6.45) is -1.43. The highest BCUT2D eigenvalue weighted by Crippen LogP contribution is 2.35. The molecule has 10 atom stereocenters. The number of carboxylic acids is 10. The molecule has 0 amide bonds. The van der Waals surface area contributed by atoms with Gasteiger partial charge < -0.3 is 60.5 Å². The van der Waals surface area contributed by atoms with Crippen molar-refractivity contribution in [2.75, 3.05) is 146 Å². The van der Waals surface area contributed by atoms with Gasteiger partial charge in [0, 0.05) is 14.2 Å². The summed E-state index contributed by atoms with van der Waals surface area (Å²) < 4.78 is 10.0. The highest BCUT2D eigenvalue weighted by molar-refractivity contribution is 5.79. The van der Waals surface area contributed by atoms with Crippen molar-refractivity contribution in [1.29, 1.82) is 0 Å². The zero-order valence-corrected chi connectivity index (χ0v) is 59.9. The molecule has 0 aliphatic carbocycles. The molecule has 0 aromatic rings. The average molecular weight is 1490 g/mol. The van der Waals surface area contributed by atoms with E-state index in [-0.39, 0.29) is 77.4 Å².